The smallest absolute Gasteiger partial charge is 0.253 e. The highest BCUT2D eigenvalue weighted by atomic mass is 32.2. The number of sulfonamides is 1. The van der Waals surface area contributed by atoms with Crippen LogP contribution < -0.4 is 4.73 Å². The van der Waals surface area contributed by atoms with E-state index in [1.54, 1.807) is 53.4 Å². The van der Waals surface area contributed by atoms with E-state index in [1.165, 1.54) is 16.7 Å². The Balaban J connectivity index is 1.26. The second-order valence-electron chi connectivity index (χ2n) is 8.59. The summed E-state index contributed by atoms with van der Waals surface area (Å²) in [6, 6.07) is 21.1. The van der Waals surface area contributed by atoms with Crippen molar-refractivity contribution >= 4 is 26.7 Å². The molecule has 36 heavy (non-hydrogen) atoms. The van der Waals surface area contributed by atoms with Gasteiger partial charge in [0.05, 0.1) is 4.90 Å². The first-order chi connectivity index (χ1) is 17.3. The fourth-order valence-corrected chi connectivity index (χ4v) is 5.81. The number of piperazine rings is 1. The van der Waals surface area contributed by atoms with Gasteiger partial charge < -0.3 is 10.1 Å². The van der Waals surface area contributed by atoms with Gasteiger partial charge in [-0.15, -0.1) is 6.42 Å². The van der Waals surface area contributed by atoms with E-state index in [-0.39, 0.29) is 23.9 Å². The number of carbonyl (C=O) groups excluding carboxylic acids is 1. The van der Waals surface area contributed by atoms with Gasteiger partial charge >= 0.3 is 0 Å². The SMILES string of the molecule is C#Cc1ccc2cc(S(=O)(=O)N3CCN(C(=O)c4ccc(-c5cc[n+]([O-])cc5)cc4)CC3)ccc2c1. The molecule has 0 N–H and O–H groups in total. The Hall–Kier alpha value is -4.19. The third-order valence-corrected chi connectivity index (χ3v) is 8.30. The van der Waals surface area contributed by atoms with Gasteiger partial charge in [0, 0.05) is 49.4 Å². The van der Waals surface area contributed by atoms with Crippen LogP contribution in [-0.2, 0) is 10.0 Å². The van der Waals surface area contributed by atoms with Crippen LogP contribution in [0.2, 0.25) is 0 Å². The number of rotatable bonds is 4. The zero-order valence-electron chi connectivity index (χ0n) is 19.4. The Labute approximate surface area is 209 Å². The lowest BCUT2D eigenvalue weighted by molar-refractivity contribution is -0.605. The molecule has 7 nitrogen and oxygen atoms in total. The molecular formula is C28H23N3O4S. The van der Waals surface area contributed by atoms with E-state index in [1.807, 2.05) is 24.3 Å². The highest BCUT2D eigenvalue weighted by molar-refractivity contribution is 7.89. The van der Waals surface area contributed by atoms with Crippen LogP contribution in [0.1, 0.15) is 15.9 Å². The Morgan fingerprint density at radius 3 is 2.11 bits per heavy atom. The average molecular weight is 498 g/mol. The van der Waals surface area contributed by atoms with Crippen molar-refractivity contribution in [1.82, 2.24) is 9.21 Å². The standard InChI is InChI=1S/C28H23N3O4S/c1-2-21-3-4-26-20-27(10-9-25(26)19-21)36(34,35)31-17-15-29(16-18-31)28(32)24-7-5-22(6-8-24)23-11-13-30(33)14-12-23/h1,3-14,19-20H,15-18H2. The van der Waals surface area contributed by atoms with Gasteiger partial charge in [-0.05, 0) is 58.3 Å². The maximum atomic E-state index is 13.3. The summed E-state index contributed by atoms with van der Waals surface area (Å²) < 4.78 is 28.7. The van der Waals surface area contributed by atoms with Gasteiger partial charge in [0.25, 0.3) is 5.91 Å². The summed E-state index contributed by atoms with van der Waals surface area (Å²) in [6.07, 6.45) is 8.30. The van der Waals surface area contributed by atoms with Gasteiger partial charge in [0.2, 0.25) is 10.0 Å². The summed E-state index contributed by atoms with van der Waals surface area (Å²) >= 11 is 0. The normalized spacial score (nSPS) is 14.5. The van der Waals surface area contributed by atoms with Crippen molar-refractivity contribution in [1.29, 1.82) is 0 Å². The van der Waals surface area contributed by atoms with E-state index in [0.717, 1.165) is 32.2 Å². The molecule has 2 heterocycles. The van der Waals surface area contributed by atoms with Gasteiger partial charge in [0.15, 0.2) is 12.4 Å². The zero-order chi connectivity index (χ0) is 25.3. The Bertz CT molecular complexity index is 1580. The molecule has 1 aliphatic rings. The summed E-state index contributed by atoms with van der Waals surface area (Å²) in [7, 11) is -3.69. The Morgan fingerprint density at radius 2 is 1.44 bits per heavy atom. The average Bonchev–Trinajstić information content (AvgIpc) is 2.92. The molecule has 180 valence electrons. The molecule has 0 atom stereocenters. The van der Waals surface area contributed by atoms with Gasteiger partial charge in [-0.3, -0.25) is 4.79 Å². The van der Waals surface area contributed by atoms with Gasteiger partial charge in [-0.25, -0.2) is 8.42 Å². The Morgan fingerprint density at radius 1 is 0.833 bits per heavy atom. The summed E-state index contributed by atoms with van der Waals surface area (Å²) in [5.74, 6) is 2.44. The molecule has 1 aliphatic heterocycles. The molecule has 0 saturated carbocycles. The van der Waals surface area contributed by atoms with Crippen LogP contribution in [0.4, 0.5) is 0 Å². The third kappa shape index (κ3) is 4.54. The first-order valence-electron chi connectivity index (χ1n) is 11.4. The van der Waals surface area contributed by atoms with Crippen LogP contribution >= 0.6 is 0 Å². The molecule has 3 aromatic carbocycles. The predicted octanol–water partition coefficient (Wildman–Crippen LogP) is 3.27. The van der Waals surface area contributed by atoms with E-state index < -0.39 is 10.0 Å². The lowest BCUT2D eigenvalue weighted by Crippen LogP contribution is -2.50. The number of fused-ring (bicyclic) bond motifs is 1. The molecular weight excluding hydrogens is 474 g/mol. The molecule has 0 radical (unpaired) electrons. The number of nitrogens with zero attached hydrogens (tertiary/aromatic N) is 3. The van der Waals surface area contributed by atoms with E-state index in [9.17, 15) is 18.4 Å². The number of amides is 1. The van der Waals surface area contributed by atoms with Crippen LogP contribution in [0.15, 0.2) is 90.1 Å². The number of carbonyl (C=O) groups is 1. The van der Waals surface area contributed by atoms with E-state index in [2.05, 4.69) is 5.92 Å². The van der Waals surface area contributed by atoms with Crippen molar-refractivity contribution < 1.29 is 17.9 Å². The summed E-state index contributed by atoms with van der Waals surface area (Å²) in [5.41, 5.74) is 3.05. The van der Waals surface area contributed by atoms with Crippen LogP contribution in [-0.4, -0.2) is 49.7 Å². The highest BCUT2D eigenvalue weighted by Gasteiger charge is 2.30. The molecule has 8 heteroatoms. The molecule has 0 unspecified atom stereocenters. The molecule has 1 amide bonds. The first-order valence-corrected chi connectivity index (χ1v) is 12.9. The van der Waals surface area contributed by atoms with Crippen molar-refractivity contribution in [3.8, 4) is 23.5 Å². The third-order valence-electron chi connectivity index (χ3n) is 6.41. The van der Waals surface area contributed by atoms with Crippen molar-refractivity contribution in [3.05, 3.63) is 102 Å². The number of aromatic nitrogens is 1. The highest BCUT2D eigenvalue weighted by Crippen LogP contribution is 2.24. The van der Waals surface area contributed by atoms with Crippen molar-refractivity contribution in [3.63, 3.8) is 0 Å². The maximum absolute atomic E-state index is 13.3. The topological polar surface area (TPSA) is 84.6 Å². The monoisotopic (exact) mass is 497 g/mol. The minimum Gasteiger partial charge on any atom is -0.619 e. The quantitative estimate of drug-likeness (QED) is 0.246. The molecule has 1 saturated heterocycles. The molecule has 5 rings (SSSR count). The van der Waals surface area contributed by atoms with Crippen LogP contribution in [0.25, 0.3) is 21.9 Å². The maximum Gasteiger partial charge on any atom is 0.253 e. The lowest BCUT2D eigenvalue weighted by atomic mass is 10.0. The molecule has 4 aromatic rings. The predicted molar refractivity (Wildman–Crippen MR) is 137 cm³/mol. The van der Waals surface area contributed by atoms with Crippen LogP contribution in [0.5, 0.6) is 0 Å². The van der Waals surface area contributed by atoms with Crippen molar-refractivity contribution in [2.45, 2.75) is 4.90 Å². The van der Waals surface area contributed by atoms with Crippen LogP contribution in [0, 0.1) is 17.6 Å². The number of hydrogen-bond donors (Lipinski definition) is 0. The molecule has 0 spiro atoms. The molecule has 1 fully saturated rings. The van der Waals surface area contributed by atoms with E-state index >= 15 is 0 Å². The van der Waals surface area contributed by atoms with E-state index in [0.29, 0.717) is 18.7 Å². The molecule has 1 aromatic heterocycles. The second-order valence-corrected chi connectivity index (χ2v) is 10.5. The summed E-state index contributed by atoms with van der Waals surface area (Å²) in [4.78, 5) is 14.9. The Kier molecular flexibility index (Phi) is 6.18. The fraction of sp³-hybridized carbons (Fsp3) is 0.143. The number of terminal acetylenes is 1. The van der Waals surface area contributed by atoms with Crippen LogP contribution in [0.3, 0.4) is 0 Å². The number of hydrogen-bond acceptors (Lipinski definition) is 4. The second kappa shape index (κ2) is 9.46. The van der Waals surface area contributed by atoms with E-state index in [4.69, 9.17) is 6.42 Å². The largest absolute Gasteiger partial charge is 0.619 e. The fourth-order valence-electron chi connectivity index (χ4n) is 4.35. The summed E-state index contributed by atoms with van der Waals surface area (Å²) in [6.45, 7) is 1.06. The molecule has 0 aliphatic carbocycles. The minimum absolute atomic E-state index is 0.140. The molecule has 0 bridgehead atoms. The van der Waals surface area contributed by atoms with Crippen molar-refractivity contribution in [2.24, 2.45) is 0 Å². The van der Waals surface area contributed by atoms with Crippen molar-refractivity contribution in [2.75, 3.05) is 26.2 Å². The van der Waals surface area contributed by atoms with Gasteiger partial charge in [0.1, 0.15) is 0 Å². The van der Waals surface area contributed by atoms with Gasteiger partial charge in [-0.1, -0.05) is 30.2 Å². The lowest BCUT2D eigenvalue weighted by Gasteiger charge is -2.34. The zero-order valence-corrected chi connectivity index (χ0v) is 20.2. The number of pyridine rings is 1. The minimum atomic E-state index is -3.69. The summed E-state index contributed by atoms with van der Waals surface area (Å²) in [5, 5.41) is 12.9. The first kappa shape index (κ1) is 23.5. The number of benzene rings is 3. The van der Waals surface area contributed by atoms with Gasteiger partial charge in [-0.2, -0.15) is 9.04 Å².